The SMILES string of the molecule is COCCCNC(=O)/C(C#N)=C/c1ccccc1OCC#N. The van der Waals surface area contributed by atoms with Crippen molar-refractivity contribution >= 4 is 12.0 Å². The van der Waals surface area contributed by atoms with Crippen LogP contribution < -0.4 is 10.1 Å². The zero-order chi connectivity index (χ0) is 16.2. The number of benzene rings is 1. The Morgan fingerprint density at radius 2 is 2.14 bits per heavy atom. The van der Waals surface area contributed by atoms with Gasteiger partial charge in [0.05, 0.1) is 0 Å². The van der Waals surface area contributed by atoms with Gasteiger partial charge in [0.15, 0.2) is 6.61 Å². The zero-order valence-corrected chi connectivity index (χ0v) is 12.3. The van der Waals surface area contributed by atoms with E-state index in [-0.39, 0.29) is 12.2 Å². The molecule has 0 fully saturated rings. The monoisotopic (exact) mass is 299 g/mol. The number of nitrogens with zero attached hydrogens (tertiary/aromatic N) is 2. The molecule has 1 aromatic carbocycles. The lowest BCUT2D eigenvalue weighted by atomic mass is 10.1. The number of hydrogen-bond donors (Lipinski definition) is 1. The fraction of sp³-hybridized carbons (Fsp3) is 0.312. The molecule has 22 heavy (non-hydrogen) atoms. The van der Waals surface area contributed by atoms with Crippen molar-refractivity contribution in [2.24, 2.45) is 0 Å². The number of carbonyl (C=O) groups excluding carboxylic acids is 1. The van der Waals surface area contributed by atoms with Gasteiger partial charge in [-0.25, -0.2) is 0 Å². The van der Waals surface area contributed by atoms with E-state index in [1.54, 1.807) is 31.4 Å². The van der Waals surface area contributed by atoms with Crippen LogP contribution >= 0.6 is 0 Å². The molecule has 0 bridgehead atoms. The first kappa shape index (κ1) is 17.2. The van der Waals surface area contributed by atoms with E-state index < -0.39 is 5.91 Å². The predicted molar refractivity (Wildman–Crippen MR) is 80.6 cm³/mol. The normalized spacial score (nSPS) is 10.4. The van der Waals surface area contributed by atoms with Gasteiger partial charge in [0.1, 0.15) is 23.5 Å². The van der Waals surface area contributed by atoms with Crippen molar-refractivity contribution in [2.45, 2.75) is 6.42 Å². The molecule has 0 saturated heterocycles. The van der Waals surface area contributed by atoms with Gasteiger partial charge in [-0.05, 0) is 18.6 Å². The van der Waals surface area contributed by atoms with Crippen LogP contribution in [0.3, 0.4) is 0 Å². The number of hydrogen-bond acceptors (Lipinski definition) is 5. The summed E-state index contributed by atoms with van der Waals surface area (Å²) < 4.78 is 10.1. The molecule has 0 unspecified atom stereocenters. The molecule has 0 atom stereocenters. The van der Waals surface area contributed by atoms with E-state index in [4.69, 9.17) is 20.0 Å². The first-order chi connectivity index (χ1) is 10.7. The number of nitrogens with one attached hydrogen (secondary N) is 1. The summed E-state index contributed by atoms with van der Waals surface area (Å²) in [6.07, 6.45) is 2.11. The Hall–Kier alpha value is -2.83. The van der Waals surface area contributed by atoms with E-state index in [1.165, 1.54) is 6.08 Å². The maximum absolute atomic E-state index is 11.9. The van der Waals surface area contributed by atoms with Gasteiger partial charge >= 0.3 is 0 Å². The van der Waals surface area contributed by atoms with Gasteiger partial charge in [-0.1, -0.05) is 18.2 Å². The number of para-hydroxylation sites is 1. The molecule has 1 N–H and O–H groups in total. The number of carbonyl (C=O) groups is 1. The van der Waals surface area contributed by atoms with Crippen LogP contribution in [0, 0.1) is 22.7 Å². The van der Waals surface area contributed by atoms with Crippen LogP contribution in [0.5, 0.6) is 5.75 Å². The predicted octanol–water partition coefficient (Wildman–Crippen LogP) is 1.65. The quantitative estimate of drug-likeness (QED) is 0.447. The van der Waals surface area contributed by atoms with Crippen LogP contribution in [-0.4, -0.2) is 32.8 Å². The number of amides is 1. The smallest absolute Gasteiger partial charge is 0.261 e. The maximum Gasteiger partial charge on any atom is 0.261 e. The number of nitriles is 2. The highest BCUT2D eigenvalue weighted by Crippen LogP contribution is 2.20. The van der Waals surface area contributed by atoms with Gasteiger partial charge in [0.2, 0.25) is 0 Å². The largest absolute Gasteiger partial charge is 0.478 e. The van der Waals surface area contributed by atoms with Crippen LogP contribution in [0.1, 0.15) is 12.0 Å². The lowest BCUT2D eigenvalue weighted by molar-refractivity contribution is -0.117. The molecule has 114 valence electrons. The van der Waals surface area contributed by atoms with Crippen molar-refractivity contribution in [2.75, 3.05) is 26.9 Å². The van der Waals surface area contributed by atoms with Crippen LogP contribution in [0.4, 0.5) is 0 Å². The molecular weight excluding hydrogens is 282 g/mol. The molecule has 0 heterocycles. The number of rotatable bonds is 8. The molecule has 1 aromatic rings. The minimum atomic E-state index is -0.450. The van der Waals surface area contributed by atoms with Crippen LogP contribution in [0.2, 0.25) is 0 Å². The number of methoxy groups -OCH3 is 1. The summed E-state index contributed by atoms with van der Waals surface area (Å²) in [5.41, 5.74) is 0.548. The summed E-state index contributed by atoms with van der Waals surface area (Å²) in [6, 6.07) is 10.6. The van der Waals surface area contributed by atoms with Crippen molar-refractivity contribution < 1.29 is 14.3 Å². The summed E-state index contributed by atoms with van der Waals surface area (Å²) in [4.78, 5) is 11.9. The molecule has 1 amide bonds. The third-order valence-electron chi connectivity index (χ3n) is 2.69. The average Bonchev–Trinajstić information content (AvgIpc) is 2.55. The minimum Gasteiger partial charge on any atom is -0.478 e. The van der Waals surface area contributed by atoms with Crippen molar-refractivity contribution in [1.29, 1.82) is 10.5 Å². The molecule has 0 aliphatic heterocycles. The second-order valence-corrected chi connectivity index (χ2v) is 4.26. The third kappa shape index (κ3) is 5.66. The Kier molecular flexibility index (Phi) is 7.81. The van der Waals surface area contributed by atoms with E-state index in [1.807, 2.05) is 12.1 Å². The highest BCUT2D eigenvalue weighted by molar-refractivity contribution is 6.01. The van der Waals surface area contributed by atoms with Gasteiger partial charge < -0.3 is 14.8 Å². The Morgan fingerprint density at radius 1 is 1.36 bits per heavy atom. The summed E-state index contributed by atoms with van der Waals surface area (Å²) in [7, 11) is 1.58. The van der Waals surface area contributed by atoms with Gasteiger partial charge in [0.25, 0.3) is 5.91 Å². The molecule has 6 nitrogen and oxygen atoms in total. The van der Waals surface area contributed by atoms with Crippen LogP contribution in [0.25, 0.3) is 6.08 Å². The second-order valence-electron chi connectivity index (χ2n) is 4.26. The molecule has 0 saturated carbocycles. The lowest BCUT2D eigenvalue weighted by Gasteiger charge is -2.07. The maximum atomic E-state index is 11.9. The third-order valence-corrected chi connectivity index (χ3v) is 2.69. The molecule has 0 aliphatic rings. The molecular formula is C16H17N3O3. The molecule has 1 rings (SSSR count). The first-order valence-electron chi connectivity index (χ1n) is 6.70. The van der Waals surface area contributed by atoms with E-state index >= 15 is 0 Å². The molecule has 0 spiro atoms. The van der Waals surface area contributed by atoms with E-state index in [0.717, 1.165) is 0 Å². The molecule has 0 aliphatic carbocycles. The zero-order valence-electron chi connectivity index (χ0n) is 12.3. The topological polar surface area (TPSA) is 95.1 Å². The molecule has 6 heteroatoms. The Balaban J connectivity index is 2.82. The molecule has 0 aromatic heterocycles. The lowest BCUT2D eigenvalue weighted by Crippen LogP contribution is -2.26. The van der Waals surface area contributed by atoms with Crippen molar-refractivity contribution in [3.8, 4) is 17.9 Å². The van der Waals surface area contributed by atoms with Gasteiger partial charge in [-0.15, -0.1) is 0 Å². The fourth-order valence-electron chi connectivity index (χ4n) is 1.66. The summed E-state index contributed by atoms with van der Waals surface area (Å²) in [5.74, 6) is -0.00216. The minimum absolute atomic E-state index is 0.0228. The standard InChI is InChI=1S/C16H17N3O3/c1-21-9-4-8-19-16(20)14(12-18)11-13-5-2-3-6-15(13)22-10-7-17/h2-3,5-6,11H,4,8-10H2,1H3,(H,19,20)/b14-11+. The van der Waals surface area contributed by atoms with Crippen molar-refractivity contribution in [3.63, 3.8) is 0 Å². The first-order valence-corrected chi connectivity index (χ1v) is 6.70. The van der Waals surface area contributed by atoms with Gasteiger partial charge in [-0.2, -0.15) is 10.5 Å². The summed E-state index contributed by atoms with van der Waals surface area (Å²) >= 11 is 0. The van der Waals surface area contributed by atoms with E-state index in [2.05, 4.69) is 5.32 Å². The Labute approximate surface area is 129 Å². The Morgan fingerprint density at radius 3 is 2.82 bits per heavy atom. The average molecular weight is 299 g/mol. The van der Waals surface area contributed by atoms with E-state index in [9.17, 15) is 4.79 Å². The summed E-state index contributed by atoms with van der Waals surface area (Å²) in [6.45, 7) is 0.866. The highest BCUT2D eigenvalue weighted by atomic mass is 16.5. The highest BCUT2D eigenvalue weighted by Gasteiger charge is 2.10. The molecule has 0 radical (unpaired) electrons. The van der Waals surface area contributed by atoms with E-state index in [0.29, 0.717) is 30.9 Å². The van der Waals surface area contributed by atoms with Crippen LogP contribution in [0.15, 0.2) is 29.8 Å². The van der Waals surface area contributed by atoms with Crippen molar-refractivity contribution in [1.82, 2.24) is 5.32 Å². The van der Waals surface area contributed by atoms with Crippen molar-refractivity contribution in [3.05, 3.63) is 35.4 Å². The Bertz CT molecular complexity index is 612. The summed E-state index contributed by atoms with van der Waals surface area (Å²) in [5, 5.41) is 20.3. The number of ether oxygens (including phenoxy) is 2. The second kappa shape index (κ2) is 9.98. The van der Waals surface area contributed by atoms with Crippen LogP contribution in [-0.2, 0) is 9.53 Å². The van der Waals surface area contributed by atoms with Gasteiger partial charge in [0, 0.05) is 25.8 Å². The fourth-order valence-corrected chi connectivity index (χ4v) is 1.66. The van der Waals surface area contributed by atoms with Gasteiger partial charge in [-0.3, -0.25) is 4.79 Å².